The second-order valence-corrected chi connectivity index (χ2v) is 8.38. The predicted octanol–water partition coefficient (Wildman–Crippen LogP) is 3.85. The number of hydrogen-bond donors (Lipinski definition) is 0. The Kier molecular flexibility index (Phi) is 4.95. The van der Waals surface area contributed by atoms with Gasteiger partial charge in [-0.25, -0.2) is 9.67 Å². The zero-order valence-corrected chi connectivity index (χ0v) is 16.9. The minimum atomic E-state index is -0.267. The molecule has 2 aromatic carbocycles. The molecule has 142 valence electrons. The number of aryl methyl sites for hydroxylation is 1. The molecule has 0 aliphatic carbocycles. The van der Waals surface area contributed by atoms with Crippen LogP contribution in [-0.2, 0) is 7.05 Å². The number of amidine groups is 1. The molecule has 0 spiro atoms. The lowest BCUT2D eigenvalue weighted by Crippen LogP contribution is -2.35. The molecule has 28 heavy (non-hydrogen) atoms. The second-order valence-electron chi connectivity index (χ2n) is 6.54. The van der Waals surface area contributed by atoms with E-state index in [1.165, 1.54) is 16.4 Å². The maximum absolute atomic E-state index is 13.4. The van der Waals surface area contributed by atoms with Crippen LogP contribution in [0, 0.1) is 0 Å². The Bertz CT molecular complexity index is 1160. The van der Waals surface area contributed by atoms with E-state index in [0.717, 1.165) is 5.69 Å². The van der Waals surface area contributed by atoms with Crippen molar-refractivity contribution in [2.75, 3.05) is 6.54 Å². The fourth-order valence-electron chi connectivity index (χ4n) is 3.08. The third-order valence-corrected chi connectivity index (χ3v) is 5.76. The summed E-state index contributed by atoms with van der Waals surface area (Å²) in [5.74, 6) is -0.267. The van der Waals surface area contributed by atoms with Crippen LogP contribution >= 0.6 is 23.4 Å². The van der Waals surface area contributed by atoms with Crippen LogP contribution in [0.3, 0.4) is 0 Å². The van der Waals surface area contributed by atoms with Crippen molar-refractivity contribution in [1.82, 2.24) is 14.7 Å². The molecule has 3 aromatic rings. The molecule has 0 bridgehead atoms. The molecular formula is C20H17ClN4O2S. The molecule has 1 fully saturated rings. The van der Waals surface area contributed by atoms with E-state index < -0.39 is 0 Å². The van der Waals surface area contributed by atoms with Crippen LogP contribution in [0.2, 0.25) is 5.02 Å². The number of amides is 1. The number of carbonyl (C=O) groups excluding carboxylic acids is 1. The number of carbonyl (C=O) groups is 1. The number of aromatic nitrogens is 2. The van der Waals surface area contributed by atoms with E-state index in [0.29, 0.717) is 27.5 Å². The first-order valence-electron chi connectivity index (χ1n) is 8.73. The van der Waals surface area contributed by atoms with Crippen LogP contribution in [0.25, 0.3) is 10.8 Å². The zero-order chi connectivity index (χ0) is 19.8. The minimum absolute atomic E-state index is 0.203. The van der Waals surface area contributed by atoms with Crippen molar-refractivity contribution >= 4 is 50.9 Å². The number of thioether (sulfide) groups is 1. The number of halogens is 1. The monoisotopic (exact) mass is 412 g/mol. The average Bonchev–Trinajstić information content (AvgIpc) is 3.06. The zero-order valence-electron chi connectivity index (χ0n) is 15.3. The van der Waals surface area contributed by atoms with Crippen molar-refractivity contribution in [2.24, 2.45) is 12.0 Å². The molecule has 1 amide bonds. The average molecular weight is 413 g/mol. The van der Waals surface area contributed by atoms with Crippen molar-refractivity contribution < 1.29 is 4.79 Å². The highest BCUT2D eigenvalue weighted by atomic mass is 35.5. The fourth-order valence-corrected chi connectivity index (χ4v) is 4.24. The number of hydrogen-bond acceptors (Lipinski definition) is 5. The summed E-state index contributed by atoms with van der Waals surface area (Å²) in [5.41, 5.74) is 0.736. The Morgan fingerprint density at radius 2 is 1.86 bits per heavy atom. The third kappa shape index (κ3) is 3.43. The van der Waals surface area contributed by atoms with E-state index in [1.807, 2.05) is 6.92 Å². The van der Waals surface area contributed by atoms with Crippen LogP contribution in [0.1, 0.15) is 17.4 Å². The molecule has 1 aliphatic rings. The third-order valence-electron chi connectivity index (χ3n) is 4.43. The molecule has 2 heterocycles. The summed E-state index contributed by atoms with van der Waals surface area (Å²) in [4.78, 5) is 32.0. The van der Waals surface area contributed by atoms with Crippen molar-refractivity contribution in [3.8, 4) is 0 Å². The largest absolute Gasteiger partial charge is 0.285 e. The van der Waals surface area contributed by atoms with Gasteiger partial charge >= 0.3 is 0 Å². The molecule has 0 saturated carbocycles. The first kappa shape index (κ1) is 18.7. The molecule has 1 atom stereocenters. The fraction of sp³-hybridized carbons (Fsp3) is 0.200. The van der Waals surface area contributed by atoms with Crippen LogP contribution in [0.15, 0.2) is 58.3 Å². The van der Waals surface area contributed by atoms with Gasteiger partial charge in [0, 0.05) is 29.3 Å². The Balaban J connectivity index is 1.78. The van der Waals surface area contributed by atoms with E-state index in [-0.39, 0.29) is 22.4 Å². The Hall–Kier alpha value is -2.64. The molecule has 0 N–H and O–H groups in total. The highest BCUT2D eigenvalue weighted by Gasteiger charge is 2.33. The van der Waals surface area contributed by atoms with E-state index in [4.69, 9.17) is 11.6 Å². The highest BCUT2D eigenvalue weighted by Crippen LogP contribution is 2.30. The lowest BCUT2D eigenvalue weighted by Gasteiger charge is -2.17. The van der Waals surface area contributed by atoms with Gasteiger partial charge < -0.3 is 0 Å². The highest BCUT2D eigenvalue weighted by molar-refractivity contribution is 8.14. The van der Waals surface area contributed by atoms with Crippen LogP contribution in [0.5, 0.6) is 0 Å². The standard InChI is InChI=1S/C20H17ClN4O2S/c1-12-11-25(20(28-12)22-14-9-7-13(21)8-10-14)19(27)17-15-5-3-4-6-16(15)18(26)24(2)23-17/h3-10,12H,11H2,1-2H3. The summed E-state index contributed by atoms with van der Waals surface area (Å²) in [6.07, 6.45) is 0. The lowest BCUT2D eigenvalue weighted by atomic mass is 10.1. The number of nitrogens with zero attached hydrogens (tertiary/aromatic N) is 4. The molecule has 6 nitrogen and oxygen atoms in total. The summed E-state index contributed by atoms with van der Waals surface area (Å²) in [6.45, 7) is 2.57. The van der Waals surface area contributed by atoms with Gasteiger partial charge in [0.25, 0.3) is 11.5 Å². The summed E-state index contributed by atoms with van der Waals surface area (Å²) in [7, 11) is 1.55. The molecule has 1 unspecified atom stereocenters. The molecule has 0 radical (unpaired) electrons. The number of fused-ring (bicyclic) bond motifs is 1. The van der Waals surface area contributed by atoms with E-state index in [9.17, 15) is 9.59 Å². The van der Waals surface area contributed by atoms with Gasteiger partial charge in [-0.3, -0.25) is 14.5 Å². The van der Waals surface area contributed by atoms with Gasteiger partial charge in [-0.2, -0.15) is 5.10 Å². The van der Waals surface area contributed by atoms with E-state index >= 15 is 0 Å². The summed E-state index contributed by atoms with van der Waals surface area (Å²) >= 11 is 7.47. The maximum Gasteiger partial charge on any atom is 0.280 e. The van der Waals surface area contributed by atoms with Gasteiger partial charge in [0.1, 0.15) is 0 Å². The summed E-state index contributed by atoms with van der Waals surface area (Å²) in [6, 6.07) is 14.2. The first-order valence-corrected chi connectivity index (χ1v) is 9.98. The smallest absolute Gasteiger partial charge is 0.280 e. The lowest BCUT2D eigenvalue weighted by molar-refractivity contribution is 0.0849. The maximum atomic E-state index is 13.4. The summed E-state index contributed by atoms with van der Waals surface area (Å²) < 4.78 is 1.21. The molecule has 4 rings (SSSR count). The molecule has 1 aromatic heterocycles. The Labute approximate surface area is 170 Å². The first-order chi connectivity index (χ1) is 13.4. The van der Waals surface area contributed by atoms with Gasteiger partial charge in [-0.1, -0.05) is 48.5 Å². The normalized spacial score (nSPS) is 18.2. The molecule has 8 heteroatoms. The van der Waals surface area contributed by atoms with Crippen molar-refractivity contribution in [1.29, 1.82) is 0 Å². The van der Waals surface area contributed by atoms with Crippen LogP contribution in [-0.4, -0.2) is 37.5 Å². The van der Waals surface area contributed by atoms with Crippen LogP contribution < -0.4 is 5.56 Å². The van der Waals surface area contributed by atoms with Crippen molar-refractivity contribution in [3.05, 3.63) is 69.6 Å². The van der Waals surface area contributed by atoms with Gasteiger partial charge in [0.15, 0.2) is 10.9 Å². The van der Waals surface area contributed by atoms with E-state index in [1.54, 1.807) is 60.5 Å². The summed E-state index contributed by atoms with van der Waals surface area (Å²) in [5, 5.41) is 6.72. The van der Waals surface area contributed by atoms with Gasteiger partial charge in [-0.15, -0.1) is 0 Å². The van der Waals surface area contributed by atoms with Gasteiger partial charge in [-0.05, 0) is 30.3 Å². The van der Waals surface area contributed by atoms with E-state index in [2.05, 4.69) is 10.1 Å². The predicted molar refractivity (Wildman–Crippen MR) is 114 cm³/mol. The quantitative estimate of drug-likeness (QED) is 0.641. The van der Waals surface area contributed by atoms with Crippen LogP contribution in [0.4, 0.5) is 5.69 Å². The Morgan fingerprint density at radius 3 is 2.57 bits per heavy atom. The molecule has 1 saturated heterocycles. The Morgan fingerprint density at radius 1 is 1.18 bits per heavy atom. The topological polar surface area (TPSA) is 67.6 Å². The minimum Gasteiger partial charge on any atom is -0.285 e. The number of rotatable bonds is 2. The van der Waals surface area contributed by atoms with Crippen molar-refractivity contribution in [3.63, 3.8) is 0 Å². The molecule has 1 aliphatic heterocycles. The van der Waals surface area contributed by atoms with Gasteiger partial charge in [0.05, 0.1) is 11.1 Å². The van der Waals surface area contributed by atoms with Crippen molar-refractivity contribution in [2.45, 2.75) is 12.2 Å². The van der Waals surface area contributed by atoms with Gasteiger partial charge in [0.2, 0.25) is 0 Å². The second kappa shape index (κ2) is 7.41. The number of aliphatic imine (C=N–C) groups is 1. The molecular weight excluding hydrogens is 396 g/mol. The number of benzene rings is 2. The SMILES string of the molecule is CC1CN(C(=O)c2nn(C)c(=O)c3ccccc23)C(=Nc2ccc(Cl)cc2)S1.